The van der Waals surface area contributed by atoms with Crippen LogP contribution in [0.5, 0.6) is 5.75 Å². The van der Waals surface area contributed by atoms with E-state index in [1.54, 1.807) is 0 Å². The van der Waals surface area contributed by atoms with Gasteiger partial charge in [-0.05, 0) is 56.0 Å². The molecule has 1 saturated carbocycles. The molecular weight excluding hydrogens is 343 g/mol. The molecule has 2 aromatic rings. The van der Waals surface area contributed by atoms with Gasteiger partial charge >= 0.3 is 0 Å². The highest BCUT2D eigenvalue weighted by molar-refractivity contribution is 6.30. The fourth-order valence-electron chi connectivity index (χ4n) is 2.85. The molecule has 2 aromatic carbocycles. The number of benzene rings is 2. The first-order valence-electron chi connectivity index (χ1n) is 8.35. The van der Waals surface area contributed by atoms with Crippen molar-refractivity contribution in [2.24, 2.45) is 0 Å². The van der Waals surface area contributed by atoms with Crippen molar-refractivity contribution < 1.29 is 13.9 Å². The largest absolute Gasteiger partial charge is 0.490 e. The van der Waals surface area contributed by atoms with E-state index in [9.17, 15) is 9.18 Å². The number of hydrogen-bond donors (Lipinski definition) is 2. The normalized spacial score (nSPS) is 14.3. The van der Waals surface area contributed by atoms with Gasteiger partial charge in [0, 0.05) is 16.8 Å². The maximum absolute atomic E-state index is 13.6. The smallest absolute Gasteiger partial charge is 0.243 e. The van der Waals surface area contributed by atoms with Gasteiger partial charge in [0.2, 0.25) is 5.91 Å². The van der Waals surface area contributed by atoms with Crippen molar-refractivity contribution in [2.45, 2.75) is 31.8 Å². The molecule has 1 aliphatic rings. The van der Waals surface area contributed by atoms with Crippen LogP contribution in [0.3, 0.4) is 0 Å². The van der Waals surface area contributed by atoms with E-state index in [4.69, 9.17) is 16.3 Å². The summed E-state index contributed by atoms with van der Waals surface area (Å²) in [5.41, 5.74) is 0.842. The Balaban J connectivity index is 1.54. The maximum atomic E-state index is 13.6. The fraction of sp³-hybridized carbons (Fsp3) is 0.316. The minimum absolute atomic E-state index is 0.0127. The lowest BCUT2D eigenvalue weighted by Gasteiger charge is -2.14. The summed E-state index contributed by atoms with van der Waals surface area (Å²) in [6.07, 6.45) is 4.88. The zero-order valence-electron chi connectivity index (χ0n) is 13.7. The van der Waals surface area contributed by atoms with Crippen LogP contribution in [0.1, 0.15) is 25.7 Å². The molecule has 2 N–H and O–H groups in total. The lowest BCUT2D eigenvalue weighted by molar-refractivity contribution is -0.114. The summed E-state index contributed by atoms with van der Waals surface area (Å²) in [7, 11) is 0. The third-order valence-electron chi connectivity index (χ3n) is 4.09. The monoisotopic (exact) mass is 362 g/mol. The molecule has 0 aliphatic heterocycles. The molecule has 25 heavy (non-hydrogen) atoms. The highest BCUT2D eigenvalue weighted by Crippen LogP contribution is 2.25. The molecule has 6 heteroatoms. The van der Waals surface area contributed by atoms with Crippen LogP contribution < -0.4 is 15.4 Å². The summed E-state index contributed by atoms with van der Waals surface area (Å²) in [5, 5.41) is 5.88. The Kier molecular flexibility index (Phi) is 5.76. The Hall–Kier alpha value is -2.27. The van der Waals surface area contributed by atoms with E-state index in [2.05, 4.69) is 10.6 Å². The number of anilines is 2. The van der Waals surface area contributed by atoms with E-state index in [-0.39, 0.29) is 24.2 Å². The molecule has 0 heterocycles. The summed E-state index contributed by atoms with van der Waals surface area (Å²) >= 11 is 5.81. The lowest BCUT2D eigenvalue weighted by Crippen LogP contribution is -2.22. The van der Waals surface area contributed by atoms with Crippen LogP contribution in [-0.4, -0.2) is 18.6 Å². The lowest BCUT2D eigenvalue weighted by atomic mass is 10.2. The van der Waals surface area contributed by atoms with Gasteiger partial charge in [-0.3, -0.25) is 4.79 Å². The third kappa shape index (κ3) is 5.10. The average Bonchev–Trinajstić information content (AvgIpc) is 3.10. The highest BCUT2D eigenvalue weighted by Gasteiger charge is 2.16. The Morgan fingerprint density at radius 3 is 2.80 bits per heavy atom. The molecule has 4 nitrogen and oxygen atoms in total. The second-order valence-corrected chi connectivity index (χ2v) is 6.51. The van der Waals surface area contributed by atoms with Gasteiger partial charge in [0.05, 0.1) is 18.3 Å². The number of carbonyl (C=O) groups is 1. The van der Waals surface area contributed by atoms with Gasteiger partial charge < -0.3 is 15.4 Å². The maximum Gasteiger partial charge on any atom is 0.243 e. The van der Waals surface area contributed by atoms with E-state index in [1.807, 2.05) is 24.3 Å². The molecule has 1 fully saturated rings. The zero-order valence-corrected chi connectivity index (χ0v) is 14.5. The molecule has 0 atom stereocenters. The molecule has 0 spiro atoms. The minimum atomic E-state index is -0.523. The van der Waals surface area contributed by atoms with Crippen molar-refractivity contribution in [3.05, 3.63) is 53.3 Å². The van der Waals surface area contributed by atoms with Crippen LogP contribution in [0.4, 0.5) is 15.8 Å². The van der Waals surface area contributed by atoms with Crippen molar-refractivity contribution in [3.63, 3.8) is 0 Å². The summed E-state index contributed by atoms with van der Waals surface area (Å²) < 4.78 is 19.6. The number of halogens is 2. The average molecular weight is 363 g/mol. The van der Waals surface area contributed by atoms with Gasteiger partial charge in [-0.25, -0.2) is 4.39 Å². The van der Waals surface area contributed by atoms with E-state index in [0.29, 0.717) is 5.02 Å². The molecule has 0 radical (unpaired) electrons. The Bertz CT molecular complexity index is 748. The third-order valence-corrected chi connectivity index (χ3v) is 4.33. The van der Waals surface area contributed by atoms with Crippen LogP contribution in [0.25, 0.3) is 0 Å². The summed E-state index contributed by atoms with van der Waals surface area (Å²) in [6, 6.07) is 11.5. The minimum Gasteiger partial charge on any atom is -0.490 e. The van der Waals surface area contributed by atoms with Gasteiger partial charge in [0.1, 0.15) is 11.6 Å². The van der Waals surface area contributed by atoms with Gasteiger partial charge in [-0.15, -0.1) is 0 Å². The SMILES string of the molecule is O=C(CNc1cccc(OC2CCCC2)c1)Nc1cc(Cl)ccc1F. The molecular formula is C19H20ClFN2O2. The topological polar surface area (TPSA) is 50.4 Å². The predicted molar refractivity (Wildman–Crippen MR) is 97.9 cm³/mol. The number of amides is 1. The van der Waals surface area contributed by atoms with Crippen molar-refractivity contribution >= 4 is 28.9 Å². The van der Waals surface area contributed by atoms with Gasteiger partial charge in [-0.2, -0.15) is 0 Å². The number of nitrogens with one attached hydrogen (secondary N) is 2. The predicted octanol–water partition coefficient (Wildman–Crippen LogP) is 4.85. The molecule has 1 amide bonds. The number of carbonyl (C=O) groups excluding carboxylic acids is 1. The zero-order chi connectivity index (χ0) is 17.6. The Morgan fingerprint density at radius 2 is 2.00 bits per heavy atom. The number of hydrogen-bond acceptors (Lipinski definition) is 3. The second kappa shape index (κ2) is 8.21. The summed E-state index contributed by atoms with van der Waals surface area (Å²) in [4.78, 5) is 12.0. The Morgan fingerprint density at radius 1 is 1.20 bits per heavy atom. The van der Waals surface area contributed by atoms with Gasteiger partial charge in [0.15, 0.2) is 0 Å². The molecule has 0 unspecified atom stereocenters. The molecule has 132 valence electrons. The number of rotatable bonds is 6. The van der Waals surface area contributed by atoms with Crippen LogP contribution >= 0.6 is 11.6 Å². The highest BCUT2D eigenvalue weighted by atomic mass is 35.5. The van der Waals surface area contributed by atoms with E-state index in [0.717, 1.165) is 24.3 Å². The quantitative estimate of drug-likeness (QED) is 0.772. The van der Waals surface area contributed by atoms with E-state index < -0.39 is 5.82 Å². The summed E-state index contributed by atoms with van der Waals surface area (Å²) in [5.74, 6) is -0.0915. The summed E-state index contributed by atoms with van der Waals surface area (Å²) in [6.45, 7) is 0.0127. The van der Waals surface area contributed by atoms with Gasteiger partial charge in [-0.1, -0.05) is 17.7 Å². The van der Waals surface area contributed by atoms with Crippen LogP contribution in [0.2, 0.25) is 5.02 Å². The molecule has 0 aromatic heterocycles. The van der Waals surface area contributed by atoms with E-state index in [1.165, 1.54) is 31.0 Å². The first-order chi connectivity index (χ1) is 12.1. The first kappa shape index (κ1) is 17.5. The molecule has 1 aliphatic carbocycles. The second-order valence-electron chi connectivity index (χ2n) is 6.08. The molecule has 0 saturated heterocycles. The first-order valence-corrected chi connectivity index (χ1v) is 8.73. The standard InChI is InChI=1S/C19H20ClFN2O2/c20-13-8-9-17(21)18(10-13)23-19(24)12-22-14-4-3-7-16(11-14)25-15-5-1-2-6-15/h3-4,7-11,15,22H,1-2,5-6,12H2,(H,23,24). The van der Waals surface area contributed by atoms with Gasteiger partial charge in [0.25, 0.3) is 0 Å². The van der Waals surface area contributed by atoms with Crippen molar-refractivity contribution in [1.29, 1.82) is 0 Å². The van der Waals surface area contributed by atoms with E-state index >= 15 is 0 Å². The van der Waals surface area contributed by atoms with Crippen molar-refractivity contribution in [3.8, 4) is 5.75 Å². The van der Waals surface area contributed by atoms with Crippen LogP contribution in [-0.2, 0) is 4.79 Å². The molecule has 3 rings (SSSR count). The van der Waals surface area contributed by atoms with Crippen molar-refractivity contribution in [2.75, 3.05) is 17.2 Å². The number of ether oxygens (including phenoxy) is 1. The van der Waals surface area contributed by atoms with Crippen LogP contribution in [0, 0.1) is 5.82 Å². The van der Waals surface area contributed by atoms with Crippen LogP contribution in [0.15, 0.2) is 42.5 Å². The molecule has 0 bridgehead atoms. The Labute approximate surface area is 151 Å². The van der Waals surface area contributed by atoms with Crippen molar-refractivity contribution in [1.82, 2.24) is 0 Å². The fourth-order valence-corrected chi connectivity index (χ4v) is 3.02.